The molecule has 0 aromatic carbocycles. The van der Waals surface area contributed by atoms with Crippen LogP contribution in [0.1, 0.15) is 54.4 Å². The molecule has 92 valence electrons. The molecular formula is C14H24O2. The van der Waals surface area contributed by atoms with Gasteiger partial charge in [0.25, 0.3) is 0 Å². The summed E-state index contributed by atoms with van der Waals surface area (Å²) in [5.74, 6) is 0.402. The molecule has 0 aliphatic heterocycles. The Labute approximate surface area is 99.1 Å². The van der Waals surface area contributed by atoms with Crippen LogP contribution in [0.15, 0.2) is 12.2 Å². The van der Waals surface area contributed by atoms with Gasteiger partial charge in [0.15, 0.2) is 0 Å². The first kappa shape index (κ1) is 15.1. The van der Waals surface area contributed by atoms with Gasteiger partial charge in [0, 0.05) is 23.7 Å². The van der Waals surface area contributed by atoms with E-state index < -0.39 is 0 Å². The maximum absolute atomic E-state index is 11.6. The molecule has 0 spiro atoms. The third kappa shape index (κ3) is 5.84. The summed E-state index contributed by atoms with van der Waals surface area (Å²) in [6, 6.07) is 0. The molecule has 2 nitrogen and oxygen atoms in total. The second kappa shape index (κ2) is 5.42. The Hall–Kier alpha value is -0.920. The lowest BCUT2D eigenvalue weighted by molar-refractivity contribution is -0.126. The number of carbonyl (C=O) groups excluding carboxylic acids is 2. The van der Waals surface area contributed by atoms with Gasteiger partial charge in [0.05, 0.1) is 0 Å². The van der Waals surface area contributed by atoms with Crippen LogP contribution in [-0.4, -0.2) is 11.6 Å². The van der Waals surface area contributed by atoms with Gasteiger partial charge in [-0.15, -0.1) is 0 Å². The van der Waals surface area contributed by atoms with Crippen molar-refractivity contribution in [2.75, 3.05) is 0 Å². The zero-order chi connectivity index (χ0) is 13.0. The number of allylic oxidation sites excluding steroid dienone is 2. The van der Waals surface area contributed by atoms with Crippen LogP contribution in [0.25, 0.3) is 0 Å². The Morgan fingerprint density at radius 3 is 1.19 bits per heavy atom. The smallest absolute Gasteiger partial charge is 0.141 e. The summed E-state index contributed by atoms with van der Waals surface area (Å²) in [4.78, 5) is 23.1. The van der Waals surface area contributed by atoms with Crippen molar-refractivity contribution in [3.8, 4) is 0 Å². The summed E-state index contributed by atoms with van der Waals surface area (Å²) < 4.78 is 0. The molecule has 0 unspecified atom stereocenters. The molecule has 0 fully saturated rings. The van der Waals surface area contributed by atoms with Gasteiger partial charge in [-0.2, -0.15) is 0 Å². The fraction of sp³-hybridized carbons (Fsp3) is 0.714. The molecule has 2 heteroatoms. The van der Waals surface area contributed by atoms with E-state index >= 15 is 0 Å². The first-order chi connectivity index (χ1) is 7.05. The molecule has 0 rings (SSSR count). The van der Waals surface area contributed by atoms with E-state index in [0.29, 0.717) is 12.8 Å². The Morgan fingerprint density at radius 1 is 0.750 bits per heavy atom. The average Bonchev–Trinajstić information content (AvgIpc) is 2.08. The molecule has 0 radical (unpaired) electrons. The monoisotopic (exact) mass is 224 g/mol. The Morgan fingerprint density at radius 2 is 1.00 bits per heavy atom. The summed E-state index contributed by atoms with van der Waals surface area (Å²) in [5.41, 5.74) is -0.587. The molecule has 0 amide bonds. The molecule has 0 aromatic rings. The number of hydrogen-bond donors (Lipinski definition) is 0. The highest BCUT2D eigenvalue weighted by Crippen LogP contribution is 2.18. The first-order valence-corrected chi connectivity index (χ1v) is 5.77. The van der Waals surface area contributed by atoms with Crippen molar-refractivity contribution in [1.29, 1.82) is 0 Å². The van der Waals surface area contributed by atoms with E-state index in [4.69, 9.17) is 0 Å². The fourth-order valence-electron chi connectivity index (χ4n) is 0.993. The van der Waals surface area contributed by atoms with Crippen molar-refractivity contribution < 1.29 is 9.59 Å². The zero-order valence-electron chi connectivity index (χ0n) is 11.4. The lowest BCUT2D eigenvalue weighted by Gasteiger charge is -2.15. The minimum Gasteiger partial charge on any atom is -0.299 e. The molecule has 0 aliphatic carbocycles. The van der Waals surface area contributed by atoms with E-state index in [1.807, 2.05) is 41.5 Å². The maximum Gasteiger partial charge on any atom is 0.141 e. The molecule has 0 saturated carbocycles. The molecule has 0 aliphatic rings. The fourth-order valence-corrected chi connectivity index (χ4v) is 0.993. The molecule has 16 heavy (non-hydrogen) atoms. The Kier molecular flexibility index (Phi) is 5.11. The van der Waals surface area contributed by atoms with Crippen molar-refractivity contribution in [2.24, 2.45) is 10.8 Å². The summed E-state index contributed by atoms with van der Waals surface area (Å²) >= 11 is 0. The minimum absolute atomic E-state index is 0.201. The Balaban J connectivity index is 4.07. The maximum atomic E-state index is 11.6. The predicted molar refractivity (Wildman–Crippen MR) is 67.3 cm³/mol. The average molecular weight is 224 g/mol. The van der Waals surface area contributed by atoms with Crippen LogP contribution in [0, 0.1) is 10.8 Å². The van der Waals surface area contributed by atoms with Crippen LogP contribution in [0.5, 0.6) is 0 Å². The topological polar surface area (TPSA) is 34.1 Å². The summed E-state index contributed by atoms with van der Waals surface area (Å²) in [6.45, 7) is 11.4. The van der Waals surface area contributed by atoms with Gasteiger partial charge in [0.2, 0.25) is 0 Å². The Bertz CT molecular complexity index is 255. The first-order valence-electron chi connectivity index (χ1n) is 5.77. The highest BCUT2D eigenvalue weighted by atomic mass is 16.1. The quantitative estimate of drug-likeness (QED) is 0.684. The van der Waals surface area contributed by atoms with Crippen LogP contribution in [0.4, 0.5) is 0 Å². The van der Waals surface area contributed by atoms with E-state index in [2.05, 4.69) is 0 Å². The molecule has 0 saturated heterocycles. The van der Waals surface area contributed by atoms with Crippen LogP contribution >= 0.6 is 0 Å². The highest BCUT2D eigenvalue weighted by molar-refractivity contribution is 5.86. The van der Waals surface area contributed by atoms with E-state index in [9.17, 15) is 9.59 Å². The second-order valence-electron chi connectivity index (χ2n) is 6.23. The highest BCUT2D eigenvalue weighted by Gasteiger charge is 2.20. The van der Waals surface area contributed by atoms with Crippen molar-refractivity contribution in [3.63, 3.8) is 0 Å². The number of rotatable bonds is 4. The lowest BCUT2D eigenvalue weighted by atomic mass is 9.87. The van der Waals surface area contributed by atoms with E-state index in [-0.39, 0.29) is 22.4 Å². The van der Waals surface area contributed by atoms with Gasteiger partial charge in [-0.1, -0.05) is 53.7 Å². The van der Waals surface area contributed by atoms with Gasteiger partial charge in [-0.3, -0.25) is 9.59 Å². The van der Waals surface area contributed by atoms with Crippen molar-refractivity contribution in [3.05, 3.63) is 12.2 Å². The van der Waals surface area contributed by atoms with Gasteiger partial charge in [-0.25, -0.2) is 0 Å². The zero-order valence-corrected chi connectivity index (χ0v) is 11.4. The van der Waals surface area contributed by atoms with Crippen LogP contribution in [0.2, 0.25) is 0 Å². The predicted octanol–water partition coefficient (Wildman–Crippen LogP) is 3.55. The van der Waals surface area contributed by atoms with Crippen LogP contribution in [-0.2, 0) is 9.59 Å². The van der Waals surface area contributed by atoms with E-state index in [1.54, 1.807) is 12.2 Å². The van der Waals surface area contributed by atoms with Crippen molar-refractivity contribution >= 4 is 11.6 Å². The molecule has 0 heterocycles. The van der Waals surface area contributed by atoms with Crippen LogP contribution < -0.4 is 0 Å². The molecule has 0 N–H and O–H groups in total. The number of carbonyl (C=O) groups is 2. The van der Waals surface area contributed by atoms with Gasteiger partial charge < -0.3 is 0 Å². The SMILES string of the molecule is CC(C)(C)C(=O)C/C=C/CC(=O)C(C)(C)C. The third-order valence-corrected chi connectivity index (χ3v) is 2.45. The van der Waals surface area contributed by atoms with Crippen molar-refractivity contribution in [1.82, 2.24) is 0 Å². The second-order valence-corrected chi connectivity index (χ2v) is 6.23. The third-order valence-electron chi connectivity index (χ3n) is 2.45. The molecule has 0 bridgehead atoms. The summed E-state index contributed by atoms with van der Waals surface area (Å²) in [6.07, 6.45) is 4.44. The van der Waals surface area contributed by atoms with Gasteiger partial charge in [-0.05, 0) is 0 Å². The lowest BCUT2D eigenvalue weighted by Crippen LogP contribution is -2.19. The summed E-state index contributed by atoms with van der Waals surface area (Å²) in [5, 5.41) is 0. The van der Waals surface area contributed by atoms with E-state index in [0.717, 1.165) is 0 Å². The van der Waals surface area contributed by atoms with Crippen LogP contribution in [0.3, 0.4) is 0 Å². The largest absolute Gasteiger partial charge is 0.299 e. The van der Waals surface area contributed by atoms with Gasteiger partial charge in [0.1, 0.15) is 11.6 Å². The number of ketones is 2. The molecular weight excluding hydrogens is 200 g/mol. The van der Waals surface area contributed by atoms with Crippen molar-refractivity contribution in [2.45, 2.75) is 54.4 Å². The van der Waals surface area contributed by atoms with Gasteiger partial charge >= 0.3 is 0 Å². The normalized spacial score (nSPS) is 13.1. The number of Topliss-reactive ketones (excluding diaryl/α,β-unsaturated/α-hetero) is 2. The standard InChI is InChI=1S/C14H24O2/c1-13(2,3)11(15)9-7-8-10-12(16)14(4,5)6/h7-8H,9-10H2,1-6H3/b8-7+. The minimum atomic E-state index is -0.293. The van der Waals surface area contributed by atoms with E-state index in [1.165, 1.54) is 0 Å². The molecule has 0 aromatic heterocycles. The molecule has 0 atom stereocenters. The summed E-state index contributed by atoms with van der Waals surface area (Å²) in [7, 11) is 0. The number of hydrogen-bond acceptors (Lipinski definition) is 2.